The molecule has 0 radical (unpaired) electrons. The lowest BCUT2D eigenvalue weighted by Gasteiger charge is -2.24. The molecule has 1 saturated carbocycles. The van der Waals surface area contributed by atoms with Crippen molar-refractivity contribution >= 4 is 34.8 Å². The Morgan fingerprint density at radius 2 is 2.05 bits per heavy atom. The number of nitrogen functional groups attached to an aromatic ring is 1. The van der Waals surface area contributed by atoms with Crippen molar-refractivity contribution in [1.82, 2.24) is 4.90 Å². The first kappa shape index (κ1) is 15.5. The van der Waals surface area contributed by atoms with Crippen LogP contribution in [-0.4, -0.2) is 23.4 Å². The maximum absolute atomic E-state index is 12.6. The lowest BCUT2D eigenvalue weighted by molar-refractivity contribution is 0.0735. The molecule has 0 aromatic heterocycles. The van der Waals surface area contributed by atoms with Gasteiger partial charge in [-0.3, -0.25) is 4.79 Å². The maximum atomic E-state index is 12.6. The van der Waals surface area contributed by atoms with Crippen LogP contribution in [0.4, 0.5) is 5.69 Å². The number of hydrogen-bond donors (Lipinski definition) is 1. The fourth-order valence-electron chi connectivity index (χ4n) is 2.13. The van der Waals surface area contributed by atoms with Gasteiger partial charge < -0.3 is 10.6 Å². The van der Waals surface area contributed by atoms with E-state index in [0.29, 0.717) is 33.3 Å². The van der Waals surface area contributed by atoms with Crippen LogP contribution in [0.25, 0.3) is 0 Å². The minimum Gasteiger partial charge on any atom is -0.397 e. The first-order chi connectivity index (χ1) is 9.40. The van der Waals surface area contributed by atoms with Crippen LogP contribution in [0.15, 0.2) is 12.1 Å². The van der Waals surface area contributed by atoms with Gasteiger partial charge in [0, 0.05) is 18.2 Å². The molecule has 3 nitrogen and oxygen atoms in total. The summed E-state index contributed by atoms with van der Waals surface area (Å²) in [4.78, 5) is 14.6. The minimum absolute atomic E-state index is 0.00147. The predicted molar refractivity (Wildman–Crippen MR) is 84.4 cm³/mol. The largest absolute Gasteiger partial charge is 0.397 e. The van der Waals surface area contributed by atoms with Crippen molar-refractivity contribution in [3.8, 4) is 0 Å². The lowest BCUT2D eigenvalue weighted by atomic mass is 10.1. The third-order valence-corrected chi connectivity index (χ3v) is 4.32. The van der Waals surface area contributed by atoms with E-state index < -0.39 is 0 Å². The molecule has 0 heterocycles. The van der Waals surface area contributed by atoms with Gasteiger partial charge in [0.2, 0.25) is 0 Å². The van der Waals surface area contributed by atoms with E-state index in [1.165, 1.54) is 0 Å². The number of carbonyl (C=O) groups excluding carboxylic acids is 1. The second kappa shape index (κ2) is 6.23. The third-order valence-electron chi connectivity index (χ3n) is 3.50. The van der Waals surface area contributed by atoms with E-state index in [2.05, 4.69) is 13.8 Å². The number of amides is 1. The predicted octanol–water partition coefficient (Wildman–Crippen LogP) is 4.23. The molecule has 2 N–H and O–H groups in total. The van der Waals surface area contributed by atoms with Crippen molar-refractivity contribution in [3.63, 3.8) is 0 Å². The van der Waals surface area contributed by atoms with Gasteiger partial charge in [0.25, 0.3) is 5.91 Å². The highest BCUT2D eigenvalue weighted by Gasteiger charge is 2.33. The first-order valence-corrected chi connectivity index (χ1v) is 7.71. The van der Waals surface area contributed by atoms with Crippen LogP contribution in [0, 0.1) is 5.92 Å². The molecule has 1 fully saturated rings. The van der Waals surface area contributed by atoms with Crippen LogP contribution in [-0.2, 0) is 0 Å². The highest BCUT2D eigenvalue weighted by Crippen LogP contribution is 2.33. The summed E-state index contributed by atoms with van der Waals surface area (Å²) >= 11 is 11.9. The summed E-state index contributed by atoms with van der Waals surface area (Å²) in [7, 11) is 0. The third kappa shape index (κ3) is 3.58. The quantitative estimate of drug-likeness (QED) is 0.827. The van der Waals surface area contributed by atoms with E-state index in [1.54, 1.807) is 12.1 Å². The fourth-order valence-corrected chi connectivity index (χ4v) is 2.47. The average Bonchev–Trinajstić information content (AvgIpc) is 3.19. The Morgan fingerprint density at radius 3 is 2.55 bits per heavy atom. The number of rotatable bonds is 5. The van der Waals surface area contributed by atoms with Gasteiger partial charge in [0.05, 0.1) is 15.7 Å². The average molecular weight is 315 g/mol. The Labute approximate surface area is 130 Å². The van der Waals surface area contributed by atoms with Gasteiger partial charge in [-0.2, -0.15) is 0 Å². The molecule has 0 unspecified atom stereocenters. The van der Waals surface area contributed by atoms with Crippen LogP contribution >= 0.6 is 23.2 Å². The van der Waals surface area contributed by atoms with E-state index >= 15 is 0 Å². The number of anilines is 1. The Hall–Kier alpha value is -0.930. The summed E-state index contributed by atoms with van der Waals surface area (Å²) in [5.41, 5.74) is 6.66. The molecule has 1 amide bonds. The molecule has 0 spiro atoms. The van der Waals surface area contributed by atoms with Crippen LogP contribution in [0.5, 0.6) is 0 Å². The molecule has 1 aliphatic carbocycles. The number of hydrogen-bond acceptors (Lipinski definition) is 2. The molecule has 5 heteroatoms. The molecule has 20 heavy (non-hydrogen) atoms. The zero-order valence-electron chi connectivity index (χ0n) is 11.8. The molecule has 1 aromatic rings. The van der Waals surface area contributed by atoms with Crippen molar-refractivity contribution in [2.45, 2.75) is 39.2 Å². The van der Waals surface area contributed by atoms with Crippen molar-refractivity contribution in [3.05, 3.63) is 27.7 Å². The second-order valence-corrected chi connectivity index (χ2v) is 6.56. The molecule has 0 atom stereocenters. The normalized spacial score (nSPS) is 14.7. The van der Waals surface area contributed by atoms with Gasteiger partial charge in [-0.25, -0.2) is 0 Å². The molecule has 2 rings (SSSR count). The molecular weight excluding hydrogens is 295 g/mol. The van der Waals surface area contributed by atoms with E-state index in [1.807, 2.05) is 4.90 Å². The Morgan fingerprint density at radius 1 is 1.40 bits per heavy atom. The van der Waals surface area contributed by atoms with Crippen LogP contribution in [0.2, 0.25) is 10.0 Å². The number of nitrogens with zero attached hydrogens (tertiary/aromatic N) is 1. The molecular formula is C15H20Cl2N2O. The molecule has 0 bridgehead atoms. The molecule has 110 valence electrons. The van der Waals surface area contributed by atoms with Gasteiger partial charge >= 0.3 is 0 Å². The Bertz CT molecular complexity index is 490. The smallest absolute Gasteiger partial charge is 0.254 e. The lowest BCUT2D eigenvalue weighted by Crippen LogP contribution is -2.34. The number of nitrogens with two attached hydrogens (primary N) is 1. The summed E-state index contributed by atoms with van der Waals surface area (Å²) in [6.45, 7) is 5.10. The highest BCUT2D eigenvalue weighted by atomic mass is 35.5. The topological polar surface area (TPSA) is 46.3 Å². The number of halogens is 2. The number of benzene rings is 1. The van der Waals surface area contributed by atoms with E-state index in [4.69, 9.17) is 28.9 Å². The van der Waals surface area contributed by atoms with Crippen molar-refractivity contribution < 1.29 is 4.79 Å². The molecule has 0 aliphatic heterocycles. The second-order valence-electron chi connectivity index (χ2n) is 5.77. The summed E-state index contributed by atoms with van der Waals surface area (Å²) in [6, 6.07) is 3.59. The minimum atomic E-state index is -0.00147. The van der Waals surface area contributed by atoms with Gasteiger partial charge in [-0.1, -0.05) is 37.0 Å². The van der Waals surface area contributed by atoms with Crippen molar-refractivity contribution in [2.24, 2.45) is 5.92 Å². The first-order valence-electron chi connectivity index (χ1n) is 6.95. The standard InChI is InChI=1S/C15H20Cl2N2O/c1-9(2)5-6-19(11-3-4-11)15(20)10-7-12(16)14(17)13(18)8-10/h7-9,11H,3-6,18H2,1-2H3. The monoisotopic (exact) mass is 314 g/mol. The zero-order valence-corrected chi connectivity index (χ0v) is 13.3. The molecule has 1 aliphatic rings. The van der Waals surface area contributed by atoms with Crippen molar-refractivity contribution in [2.75, 3.05) is 12.3 Å². The molecule has 1 aromatic carbocycles. The van der Waals surface area contributed by atoms with Crippen LogP contribution < -0.4 is 5.73 Å². The molecule has 0 saturated heterocycles. The highest BCUT2D eigenvalue weighted by molar-refractivity contribution is 6.43. The summed E-state index contributed by atoms with van der Waals surface area (Å²) < 4.78 is 0. The van der Waals surface area contributed by atoms with Gasteiger partial charge in [-0.05, 0) is 37.3 Å². The van der Waals surface area contributed by atoms with Crippen molar-refractivity contribution in [1.29, 1.82) is 0 Å². The Balaban J connectivity index is 2.19. The van der Waals surface area contributed by atoms with Crippen LogP contribution in [0.3, 0.4) is 0 Å². The fraction of sp³-hybridized carbons (Fsp3) is 0.533. The summed E-state index contributed by atoms with van der Waals surface area (Å²) in [5.74, 6) is 0.571. The van der Waals surface area contributed by atoms with Crippen LogP contribution in [0.1, 0.15) is 43.5 Å². The van der Waals surface area contributed by atoms with E-state index in [9.17, 15) is 4.79 Å². The van der Waals surface area contributed by atoms with E-state index in [0.717, 1.165) is 25.8 Å². The number of carbonyl (C=O) groups is 1. The van der Waals surface area contributed by atoms with E-state index in [-0.39, 0.29) is 5.91 Å². The van der Waals surface area contributed by atoms with Gasteiger partial charge in [0.1, 0.15) is 0 Å². The zero-order chi connectivity index (χ0) is 14.9. The Kier molecular flexibility index (Phi) is 4.82. The maximum Gasteiger partial charge on any atom is 0.254 e. The van der Waals surface area contributed by atoms with Gasteiger partial charge in [-0.15, -0.1) is 0 Å². The summed E-state index contributed by atoms with van der Waals surface area (Å²) in [6.07, 6.45) is 3.17. The van der Waals surface area contributed by atoms with Gasteiger partial charge in [0.15, 0.2) is 0 Å². The summed E-state index contributed by atoms with van der Waals surface area (Å²) in [5, 5.41) is 0.637. The SMILES string of the molecule is CC(C)CCN(C(=O)c1cc(N)c(Cl)c(Cl)c1)C1CC1.